The first-order valence-electron chi connectivity index (χ1n) is 13.3. The number of benzene rings is 1. The highest BCUT2D eigenvalue weighted by atomic mass is 16.5. The van der Waals surface area contributed by atoms with Crippen LogP contribution in [0.25, 0.3) is 0 Å². The van der Waals surface area contributed by atoms with Crippen molar-refractivity contribution in [3.8, 4) is 0 Å². The Bertz CT molecular complexity index is 1160. The lowest BCUT2D eigenvalue weighted by Crippen LogP contribution is -2.56. The molecule has 8 nitrogen and oxygen atoms in total. The van der Waals surface area contributed by atoms with Crippen molar-refractivity contribution in [1.29, 1.82) is 0 Å². The van der Waals surface area contributed by atoms with Crippen LogP contribution in [0, 0.1) is 25.7 Å². The first-order chi connectivity index (χ1) is 17.7. The quantitative estimate of drug-likeness (QED) is 0.597. The van der Waals surface area contributed by atoms with Crippen LogP contribution >= 0.6 is 0 Å². The first-order valence-corrected chi connectivity index (χ1v) is 13.3. The zero-order valence-corrected chi connectivity index (χ0v) is 22.1. The topological polar surface area (TPSA) is 90.4 Å². The molecule has 3 amide bonds. The Kier molecular flexibility index (Phi) is 6.52. The summed E-state index contributed by atoms with van der Waals surface area (Å²) in [6, 6.07) is 4.98. The van der Waals surface area contributed by atoms with Crippen molar-refractivity contribution in [1.82, 2.24) is 9.80 Å². The molecule has 0 aliphatic carbocycles. The molecule has 2 saturated heterocycles. The second-order valence-corrected chi connectivity index (χ2v) is 10.9. The van der Waals surface area contributed by atoms with Crippen LogP contribution < -0.4 is 4.90 Å². The van der Waals surface area contributed by atoms with Crippen molar-refractivity contribution in [2.24, 2.45) is 11.8 Å². The van der Waals surface area contributed by atoms with E-state index in [0.29, 0.717) is 26.1 Å². The fraction of sp³-hybridized carbons (Fsp3) is 0.552. The Labute approximate surface area is 218 Å². The molecule has 8 heteroatoms. The number of carbonyl (C=O) groups excluding carboxylic acids is 3. The van der Waals surface area contributed by atoms with E-state index in [-0.39, 0.29) is 30.9 Å². The lowest BCUT2D eigenvalue weighted by atomic mass is 9.74. The second-order valence-electron chi connectivity index (χ2n) is 10.9. The smallest absolute Gasteiger partial charge is 0.253 e. The second kappa shape index (κ2) is 9.40. The van der Waals surface area contributed by atoms with E-state index in [1.807, 2.05) is 70.2 Å². The largest absolute Gasteiger partial charge is 0.396 e. The monoisotopic (exact) mass is 507 g/mol. The Morgan fingerprint density at radius 1 is 0.973 bits per heavy atom. The number of hydrogen-bond donors (Lipinski definition) is 1. The summed E-state index contributed by atoms with van der Waals surface area (Å²) in [4.78, 5) is 47.6. The fourth-order valence-electron chi connectivity index (χ4n) is 6.96. The molecule has 1 aromatic carbocycles. The van der Waals surface area contributed by atoms with Crippen LogP contribution in [0.5, 0.6) is 0 Å². The molecule has 0 saturated carbocycles. The van der Waals surface area contributed by atoms with Crippen molar-refractivity contribution >= 4 is 23.4 Å². The number of aryl methyl sites for hydroxylation is 2. The van der Waals surface area contributed by atoms with Crippen LogP contribution in [0.2, 0.25) is 0 Å². The maximum atomic E-state index is 14.5. The molecule has 0 bridgehead atoms. The lowest BCUT2D eigenvalue weighted by molar-refractivity contribution is -0.148. The molecule has 4 aliphatic heterocycles. The molecule has 198 valence electrons. The van der Waals surface area contributed by atoms with Gasteiger partial charge in [-0.25, -0.2) is 0 Å². The number of fused-ring (bicyclic) bond motifs is 2. The van der Waals surface area contributed by atoms with Gasteiger partial charge in [0.1, 0.15) is 11.6 Å². The molecule has 1 aromatic rings. The van der Waals surface area contributed by atoms with E-state index >= 15 is 0 Å². The van der Waals surface area contributed by atoms with Crippen LogP contribution in [0.4, 0.5) is 5.69 Å². The van der Waals surface area contributed by atoms with E-state index in [2.05, 4.69) is 0 Å². The van der Waals surface area contributed by atoms with E-state index in [1.165, 1.54) is 0 Å². The molecule has 1 unspecified atom stereocenters. The minimum atomic E-state index is -1.27. The van der Waals surface area contributed by atoms with Crippen LogP contribution in [0.3, 0.4) is 0 Å². The average Bonchev–Trinajstić information content (AvgIpc) is 3.12. The number of carbonyl (C=O) groups is 3. The van der Waals surface area contributed by atoms with Gasteiger partial charge in [0.15, 0.2) is 0 Å². The van der Waals surface area contributed by atoms with Gasteiger partial charge in [0.25, 0.3) is 5.91 Å². The number of nitrogens with zero attached hydrogens (tertiary/aromatic N) is 3. The fourth-order valence-corrected chi connectivity index (χ4v) is 6.96. The van der Waals surface area contributed by atoms with E-state index in [0.717, 1.165) is 23.2 Å². The summed E-state index contributed by atoms with van der Waals surface area (Å²) >= 11 is 0. The number of anilines is 1. The number of aliphatic hydroxyl groups is 1. The number of ether oxygens (including phenoxy) is 1. The molecule has 37 heavy (non-hydrogen) atoms. The standard InChI is InChI=1S/C29H37N3O5/c1-5-14-30-15-7-12-28(4)21(25(30)34)22-26(35)32(17-9-18-33)24-27(36)31(16-8-13-29(22,24)37-28)23-19(2)10-6-11-20(23)3/h6-8,10-13,21-22,24,33H,5,9,14-18H2,1-4H3/t21-,22-,24?,28+,29-/m0/s1. The number of hydrogen-bond acceptors (Lipinski definition) is 5. The minimum Gasteiger partial charge on any atom is -0.396 e. The molecule has 1 spiro atoms. The van der Waals surface area contributed by atoms with Gasteiger partial charge >= 0.3 is 0 Å². The molecule has 5 atom stereocenters. The molecule has 1 N–H and O–H groups in total. The number of aliphatic hydroxyl groups excluding tert-OH is 1. The summed E-state index contributed by atoms with van der Waals surface area (Å²) < 4.78 is 6.83. The van der Waals surface area contributed by atoms with Crippen LogP contribution in [0.1, 0.15) is 37.8 Å². The van der Waals surface area contributed by atoms with Gasteiger partial charge < -0.3 is 24.5 Å². The van der Waals surface area contributed by atoms with E-state index in [1.54, 1.807) is 14.7 Å². The van der Waals surface area contributed by atoms with Gasteiger partial charge in [-0.15, -0.1) is 0 Å². The van der Waals surface area contributed by atoms with Crippen LogP contribution in [-0.2, 0) is 19.1 Å². The number of rotatable bonds is 6. The van der Waals surface area contributed by atoms with Gasteiger partial charge in [-0.3, -0.25) is 14.4 Å². The summed E-state index contributed by atoms with van der Waals surface area (Å²) in [5, 5.41) is 9.59. The third kappa shape index (κ3) is 3.76. The number of amides is 3. The summed E-state index contributed by atoms with van der Waals surface area (Å²) in [5.74, 6) is -2.15. The Morgan fingerprint density at radius 2 is 1.68 bits per heavy atom. The van der Waals surface area contributed by atoms with E-state index in [9.17, 15) is 19.5 Å². The van der Waals surface area contributed by atoms with Crippen LogP contribution in [-0.4, -0.2) is 82.7 Å². The highest BCUT2D eigenvalue weighted by Crippen LogP contribution is 2.57. The summed E-state index contributed by atoms with van der Waals surface area (Å²) in [6.45, 7) is 9.36. The van der Waals surface area contributed by atoms with Crippen molar-refractivity contribution in [3.63, 3.8) is 0 Å². The normalized spacial score (nSPS) is 32.9. The van der Waals surface area contributed by atoms with E-state index in [4.69, 9.17) is 4.74 Å². The highest BCUT2D eigenvalue weighted by molar-refractivity contribution is 6.06. The van der Waals surface area contributed by atoms with Crippen LogP contribution in [0.15, 0.2) is 42.5 Å². The predicted octanol–water partition coefficient (Wildman–Crippen LogP) is 2.37. The molecule has 0 radical (unpaired) electrons. The highest BCUT2D eigenvalue weighted by Gasteiger charge is 2.74. The van der Waals surface area contributed by atoms with Gasteiger partial charge in [-0.1, -0.05) is 49.4 Å². The Hall–Kier alpha value is -2.97. The Morgan fingerprint density at radius 3 is 2.35 bits per heavy atom. The minimum absolute atomic E-state index is 0.104. The summed E-state index contributed by atoms with van der Waals surface area (Å²) in [6.07, 6.45) is 8.78. The van der Waals surface area contributed by atoms with Gasteiger partial charge in [0, 0.05) is 38.5 Å². The molecule has 4 aliphatic rings. The SMILES string of the molecule is CCCN1CC=C[C@@]2(C)O[C@]34C=CCN(c5c(C)cccc5C)C(=O)C3N(CCCO)C(=O)[C@@H]4[C@H]2C1=O. The van der Waals surface area contributed by atoms with Crippen molar-refractivity contribution in [2.45, 2.75) is 57.8 Å². The third-order valence-electron chi connectivity index (χ3n) is 8.40. The maximum absolute atomic E-state index is 14.5. The van der Waals surface area contributed by atoms with Crippen molar-refractivity contribution in [3.05, 3.63) is 53.6 Å². The van der Waals surface area contributed by atoms with Crippen molar-refractivity contribution in [2.75, 3.05) is 37.7 Å². The molecule has 4 heterocycles. The van der Waals surface area contributed by atoms with Gasteiger partial charge in [-0.2, -0.15) is 0 Å². The molecule has 0 aromatic heterocycles. The zero-order chi connectivity index (χ0) is 26.5. The first kappa shape index (κ1) is 25.7. The van der Waals surface area contributed by atoms with E-state index < -0.39 is 29.1 Å². The molecular formula is C29H37N3O5. The summed E-state index contributed by atoms with van der Waals surface area (Å²) in [7, 11) is 0. The van der Waals surface area contributed by atoms with Gasteiger partial charge in [-0.05, 0) is 44.7 Å². The van der Waals surface area contributed by atoms with Crippen molar-refractivity contribution < 1.29 is 24.2 Å². The molecule has 2 fully saturated rings. The van der Waals surface area contributed by atoms with Gasteiger partial charge in [0.2, 0.25) is 11.8 Å². The third-order valence-corrected chi connectivity index (χ3v) is 8.40. The average molecular weight is 508 g/mol. The number of likely N-dealkylation sites (tertiary alicyclic amines) is 1. The maximum Gasteiger partial charge on any atom is 0.253 e. The zero-order valence-electron chi connectivity index (χ0n) is 22.1. The predicted molar refractivity (Wildman–Crippen MR) is 140 cm³/mol. The number of para-hydroxylation sites is 1. The molecule has 5 rings (SSSR count). The Balaban J connectivity index is 1.65. The lowest BCUT2D eigenvalue weighted by Gasteiger charge is -2.38. The van der Waals surface area contributed by atoms with Gasteiger partial charge in [0.05, 0.1) is 17.4 Å². The summed E-state index contributed by atoms with van der Waals surface area (Å²) in [5.41, 5.74) is 0.482. The molecular weight excluding hydrogens is 470 g/mol.